The van der Waals surface area contributed by atoms with Gasteiger partial charge in [-0.1, -0.05) is 35.3 Å². The molecule has 4 heterocycles. The second-order valence-corrected chi connectivity index (χ2v) is 8.44. The molecule has 0 aliphatic carbocycles. The largest absolute Gasteiger partial charge is 0.364 e. The number of hydrogen-bond acceptors (Lipinski definition) is 6. The lowest BCUT2D eigenvalue weighted by molar-refractivity contribution is 0.0997. The molecule has 8 nitrogen and oxygen atoms in total. The molecule has 2 atom stereocenters. The summed E-state index contributed by atoms with van der Waals surface area (Å²) in [4.78, 5) is 23.7. The van der Waals surface area contributed by atoms with Gasteiger partial charge in [0.15, 0.2) is 5.65 Å². The number of primary amides is 1. The SMILES string of the molecule is NC(=O)c1nc(N2C3CCC2CC(N)C3)nc2[nH]nc(-c3cccc(Cl)c3Cl)c12. The van der Waals surface area contributed by atoms with Crippen LogP contribution in [0.1, 0.15) is 36.2 Å². The molecule has 0 radical (unpaired) electrons. The highest BCUT2D eigenvalue weighted by molar-refractivity contribution is 6.43. The van der Waals surface area contributed by atoms with Crippen LogP contribution in [0, 0.1) is 0 Å². The molecular weight excluding hydrogens is 413 g/mol. The quantitative estimate of drug-likeness (QED) is 0.584. The summed E-state index contributed by atoms with van der Waals surface area (Å²) in [5, 5.41) is 8.41. The van der Waals surface area contributed by atoms with Gasteiger partial charge in [-0.15, -0.1) is 0 Å². The number of hydrogen-bond donors (Lipinski definition) is 3. The summed E-state index contributed by atoms with van der Waals surface area (Å²) in [6, 6.07) is 5.94. The zero-order valence-corrected chi connectivity index (χ0v) is 16.9. The van der Waals surface area contributed by atoms with Gasteiger partial charge in [-0.05, 0) is 31.7 Å². The molecule has 29 heavy (non-hydrogen) atoms. The molecule has 1 aromatic carbocycles. The maximum atomic E-state index is 12.3. The number of rotatable bonds is 3. The molecule has 2 saturated heterocycles. The number of carbonyl (C=O) groups excluding carboxylic acids is 1. The average molecular weight is 432 g/mol. The third-order valence-electron chi connectivity index (χ3n) is 5.85. The Kier molecular flexibility index (Phi) is 4.38. The van der Waals surface area contributed by atoms with E-state index >= 15 is 0 Å². The first-order chi connectivity index (χ1) is 13.9. The van der Waals surface area contributed by atoms with Gasteiger partial charge in [0.05, 0.1) is 15.4 Å². The summed E-state index contributed by atoms with van der Waals surface area (Å²) in [5.41, 5.74) is 13.4. The number of carbonyl (C=O) groups is 1. The predicted octanol–water partition coefficient (Wildman–Crippen LogP) is 2.88. The van der Waals surface area contributed by atoms with Crippen molar-refractivity contribution in [3.63, 3.8) is 0 Å². The van der Waals surface area contributed by atoms with E-state index in [-0.39, 0.29) is 23.8 Å². The molecule has 1 amide bonds. The van der Waals surface area contributed by atoms with Gasteiger partial charge in [0, 0.05) is 23.7 Å². The summed E-state index contributed by atoms with van der Waals surface area (Å²) >= 11 is 12.5. The molecule has 2 aliphatic heterocycles. The van der Waals surface area contributed by atoms with Crippen LogP contribution in [0.3, 0.4) is 0 Å². The zero-order valence-electron chi connectivity index (χ0n) is 15.4. The van der Waals surface area contributed by atoms with Crippen molar-refractivity contribution < 1.29 is 4.79 Å². The molecule has 2 aromatic heterocycles. The fourth-order valence-corrected chi connectivity index (χ4v) is 5.03. The summed E-state index contributed by atoms with van der Waals surface area (Å²) in [6.07, 6.45) is 3.85. The van der Waals surface area contributed by atoms with Crippen LogP contribution in [0.2, 0.25) is 10.0 Å². The van der Waals surface area contributed by atoms with Crippen molar-refractivity contribution >= 4 is 46.1 Å². The van der Waals surface area contributed by atoms with Crippen LogP contribution in [0.4, 0.5) is 5.95 Å². The zero-order chi connectivity index (χ0) is 20.3. The van der Waals surface area contributed by atoms with Crippen molar-refractivity contribution in [2.24, 2.45) is 11.5 Å². The predicted molar refractivity (Wildman–Crippen MR) is 112 cm³/mol. The van der Waals surface area contributed by atoms with Gasteiger partial charge < -0.3 is 16.4 Å². The van der Waals surface area contributed by atoms with Crippen LogP contribution in [0.25, 0.3) is 22.3 Å². The van der Waals surface area contributed by atoms with Crippen LogP contribution >= 0.6 is 23.2 Å². The van der Waals surface area contributed by atoms with E-state index in [1.54, 1.807) is 18.2 Å². The van der Waals surface area contributed by atoms with E-state index < -0.39 is 5.91 Å². The summed E-state index contributed by atoms with van der Waals surface area (Å²) in [6.45, 7) is 0. The number of aromatic amines is 1. The van der Waals surface area contributed by atoms with Crippen molar-refractivity contribution in [2.45, 2.75) is 43.8 Å². The van der Waals surface area contributed by atoms with Gasteiger partial charge in [-0.25, -0.2) is 4.98 Å². The highest BCUT2D eigenvalue weighted by atomic mass is 35.5. The average Bonchev–Trinajstić information content (AvgIpc) is 3.22. The molecule has 0 spiro atoms. The van der Waals surface area contributed by atoms with E-state index in [2.05, 4.69) is 25.1 Å². The number of anilines is 1. The van der Waals surface area contributed by atoms with Crippen molar-refractivity contribution in [1.82, 2.24) is 20.2 Å². The molecule has 10 heteroatoms. The number of H-pyrrole nitrogens is 1. The maximum Gasteiger partial charge on any atom is 0.268 e. The van der Waals surface area contributed by atoms with E-state index in [1.807, 2.05) is 0 Å². The van der Waals surface area contributed by atoms with E-state index in [9.17, 15) is 4.79 Å². The number of nitrogens with one attached hydrogen (secondary N) is 1. The normalized spacial score (nSPS) is 23.7. The Labute approximate surface area is 176 Å². The Morgan fingerprint density at radius 2 is 1.90 bits per heavy atom. The number of benzene rings is 1. The van der Waals surface area contributed by atoms with Crippen LogP contribution < -0.4 is 16.4 Å². The van der Waals surface area contributed by atoms with Crippen molar-refractivity contribution in [2.75, 3.05) is 4.90 Å². The number of piperidine rings is 1. The van der Waals surface area contributed by atoms with Gasteiger partial charge in [0.1, 0.15) is 11.4 Å². The summed E-state index contributed by atoms with van der Waals surface area (Å²) < 4.78 is 0. The molecule has 5 N–H and O–H groups in total. The van der Waals surface area contributed by atoms with Crippen molar-refractivity contribution in [1.29, 1.82) is 0 Å². The lowest BCUT2D eigenvalue weighted by atomic mass is 9.98. The molecule has 150 valence electrons. The van der Waals surface area contributed by atoms with E-state index in [4.69, 9.17) is 34.7 Å². The first kappa shape index (κ1) is 18.6. The second-order valence-electron chi connectivity index (χ2n) is 7.66. The molecule has 2 unspecified atom stereocenters. The van der Waals surface area contributed by atoms with Crippen molar-refractivity contribution in [3.05, 3.63) is 33.9 Å². The first-order valence-electron chi connectivity index (χ1n) is 9.48. The Morgan fingerprint density at radius 1 is 1.17 bits per heavy atom. The highest BCUT2D eigenvalue weighted by Gasteiger charge is 2.41. The maximum absolute atomic E-state index is 12.3. The minimum atomic E-state index is -0.652. The Morgan fingerprint density at radius 3 is 2.59 bits per heavy atom. The smallest absolute Gasteiger partial charge is 0.268 e. The molecular formula is C19H19Cl2N7O. The van der Waals surface area contributed by atoms with E-state index in [0.717, 1.165) is 25.7 Å². The number of halogens is 2. The Bertz CT molecular complexity index is 1120. The molecule has 2 bridgehead atoms. The number of amides is 1. The minimum Gasteiger partial charge on any atom is -0.364 e. The standard InChI is InChI=1S/C19H19Cl2N7O/c20-12-3-1-2-11(14(12)21)15-13-16(17(23)29)24-19(25-18(13)27-26-15)28-9-4-5-10(28)7-8(22)6-9/h1-3,8-10H,4-7,22H2,(H2,23,29)(H,24,25,26,27). The topological polar surface area (TPSA) is 127 Å². The third kappa shape index (κ3) is 2.94. The number of aromatic nitrogens is 4. The van der Waals surface area contributed by atoms with Crippen molar-refractivity contribution in [3.8, 4) is 11.3 Å². The van der Waals surface area contributed by atoms with Crippen LogP contribution in [0.5, 0.6) is 0 Å². The molecule has 3 aromatic rings. The number of fused-ring (bicyclic) bond motifs is 3. The fraction of sp³-hybridized carbons (Fsp3) is 0.368. The van der Waals surface area contributed by atoms with Gasteiger partial charge in [-0.2, -0.15) is 10.1 Å². The van der Waals surface area contributed by atoms with E-state index in [1.165, 1.54) is 0 Å². The monoisotopic (exact) mass is 431 g/mol. The molecule has 5 rings (SSSR count). The van der Waals surface area contributed by atoms with Crippen LogP contribution in [-0.4, -0.2) is 44.2 Å². The summed E-state index contributed by atoms with van der Waals surface area (Å²) in [7, 11) is 0. The molecule has 0 saturated carbocycles. The number of nitrogens with two attached hydrogens (primary N) is 2. The van der Waals surface area contributed by atoms with Gasteiger partial charge >= 0.3 is 0 Å². The summed E-state index contributed by atoms with van der Waals surface area (Å²) in [5.74, 6) is -0.168. The van der Waals surface area contributed by atoms with Crippen LogP contribution in [-0.2, 0) is 0 Å². The van der Waals surface area contributed by atoms with Gasteiger partial charge in [-0.3, -0.25) is 9.89 Å². The highest BCUT2D eigenvalue weighted by Crippen LogP contribution is 2.40. The van der Waals surface area contributed by atoms with Gasteiger partial charge in [0.25, 0.3) is 5.91 Å². The Hall–Kier alpha value is -2.42. The minimum absolute atomic E-state index is 0.110. The van der Waals surface area contributed by atoms with Crippen LogP contribution in [0.15, 0.2) is 18.2 Å². The lowest BCUT2D eigenvalue weighted by Crippen LogP contribution is -2.48. The second kappa shape index (κ2) is 6.83. The third-order valence-corrected chi connectivity index (χ3v) is 6.67. The Balaban J connectivity index is 1.68. The lowest BCUT2D eigenvalue weighted by Gasteiger charge is -2.37. The molecule has 2 aliphatic rings. The fourth-order valence-electron chi connectivity index (χ4n) is 4.64. The number of nitrogens with zero attached hydrogens (tertiary/aromatic N) is 4. The first-order valence-corrected chi connectivity index (χ1v) is 10.2. The van der Waals surface area contributed by atoms with E-state index in [0.29, 0.717) is 38.3 Å². The molecule has 2 fully saturated rings. The van der Waals surface area contributed by atoms with Gasteiger partial charge in [0.2, 0.25) is 5.95 Å².